The van der Waals surface area contributed by atoms with E-state index < -0.39 is 12.0 Å². The first-order chi connectivity index (χ1) is 11.0. The van der Waals surface area contributed by atoms with Crippen LogP contribution in [0.3, 0.4) is 0 Å². The van der Waals surface area contributed by atoms with E-state index in [1.165, 1.54) is 0 Å². The Labute approximate surface area is 137 Å². The van der Waals surface area contributed by atoms with Gasteiger partial charge < -0.3 is 21.5 Å². The lowest BCUT2D eigenvalue weighted by molar-refractivity contribution is -0.141. The number of rotatable bonds is 11. The number of unbranched alkanes of at least 4 members (excludes halogenated alkanes) is 3. The number of carbonyl (C=O) groups is 2. The predicted molar refractivity (Wildman–Crippen MR) is 91.4 cm³/mol. The highest BCUT2D eigenvalue weighted by Gasteiger charge is 2.20. The molecular weight excluding hydrogens is 294 g/mol. The van der Waals surface area contributed by atoms with Crippen molar-refractivity contribution in [2.24, 2.45) is 5.73 Å². The quantitative estimate of drug-likeness (QED) is 0.466. The Bertz CT molecular complexity index is 488. The SMILES string of the molecule is Cc1ccc(NC(=O)C[C@H](NCCCCCCN)C(=O)O)cc1. The Morgan fingerprint density at radius 1 is 1.13 bits per heavy atom. The van der Waals surface area contributed by atoms with Crippen LogP contribution in [-0.2, 0) is 9.59 Å². The van der Waals surface area contributed by atoms with E-state index in [0.717, 1.165) is 31.2 Å². The Hall–Kier alpha value is -1.92. The molecule has 0 radical (unpaired) electrons. The van der Waals surface area contributed by atoms with E-state index in [4.69, 9.17) is 5.73 Å². The second-order valence-corrected chi connectivity index (χ2v) is 5.67. The Balaban J connectivity index is 2.35. The highest BCUT2D eigenvalue weighted by atomic mass is 16.4. The summed E-state index contributed by atoms with van der Waals surface area (Å²) in [7, 11) is 0. The number of nitrogens with one attached hydrogen (secondary N) is 2. The fourth-order valence-corrected chi connectivity index (χ4v) is 2.18. The van der Waals surface area contributed by atoms with Gasteiger partial charge in [0.2, 0.25) is 5.91 Å². The molecule has 0 spiro atoms. The number of carboxylic acids is 1. The predicted octanol–water partition coefficient (Wildman–Crippen LogP) is 1.89. The van der Waals surface area contributed by atoms with Crippen molar-refractivity contribution in [1.29, 1.82) is 0 Å². The molecular formula is C17H27N3O3. The molecule has 0 saturated carbocycles. The van der Waals surface area contributed by atoms with Crippen LogP contribution < -0.4 is 16.4 Å². The minimum Gasteiger partial charge on any atom is -0.480 e. The highest BCUT2D eigenvalue weighted by molar-refractivity contribution is 5.94. The maximum atomic E-state index is 12.0. The zero-order chi connectivity index (χ0) is 17.1. The summed E-state index contributed by atoms with van der Waals surface area (Å²) in [4.78, 5) is 23.2. The van der Waals surface area contributed by atoms with Gasteiger partial charge in [0.15, 0.2) is 0 Å². The second-order valence-electron chi connectivity index (χ2n) is 5.67. The molecule has 0 aliphatic carbocycles. The molecule has 0 unspecified atom stereocenters. The molecule has 5 N–H and O–H groups in total. The van der Waals surface area contributed by atoms with Crippen LogP contribution in [-0.4, -0.2) is 36.1 Å². The molecule has 0 aliphatic rings. The number of nitrogens with two attached hydrogens (primary N) is 1. The molecule has 0 heterocycles. The zero-order valence-corrected chi connectivity index (χ0v) is 13.7. The van der Waals surface area contributed by atoms with Gasteiger partial charge in [-0.3, -0.25) is 9.59 Å². The number of carboxylic acid groups (broad SMARTS) is 1. The van der Waals surface area contributed by atoms with Crippen molar-refractivity contribution in [2.75, 3.05) is 18.4 Å². The second kappa shape index (κ2) is 10.7. The van der Waals surface area contributed by atoms with E-state index in [2.05, 4.69) is 10.6 Å². The first kappa shape index (κ1) is 19.1. The summed E-state index contributed by atoms with van der Waals surface area (Å²) in [5.41, 5.74) is 7.19. The van der Waals surface area contributed by atoms with Crippen LogP contribution in [0.4, 0.5) is 5.69 Å². The van der Waals surface area contributed by atoms with E-state index >= 15 is 0 Å². The van der Waals surface area contributed by atoms with Crippen LogP contribution in [0.1, 0.15) is 37.7 Å². The summed E-state index contributed by atoms with van der Waals surface area (Å²) in [6, 6.07) is 6.52. The van der Waals surface area contributed by atoms with Crippen molar-refractivity contribution >= 4 is 17.6 Å². The molecule has 1 amide bonds. The lowest BCUT2D eigenvalue weighted by Gasteiger charge is -2.14. The van der Waals surface area contributed by atoms with Gasteiger partial charge in [-0.2, -0.15) is 0 Å². The number of carbonyl (C=O) groups excluding carboxylic acids is 1. The summed E-state index contributed by atoms with van der Waals surface area (Å²) in [5.74, 6) is -1.32. The van der Waals surface area contributed by atoms with Gasteiger partial charge in [0, 0.05) is 5.69 Å². The van der Waals surface area contributed by atoms with Crippen LogP contribution in [0.25, 0.3) is 0 Å². The molecule has 1 rings (SSSR count). The molecule has 6 nitrogen and oxygen atoms in total. The first-order valence-corrected chi connectivity index (χ1v) is 8.05. The molecule has 0 saturated heterocycles. The minimum atomic E-state index is -1.01. The number of aliphatic carboxylic acids is 1. The van der Waals surface area contributed by atoms with Crippen molar-refractivity contribution in [1.82, 2.24) is 5.32 Å². The Kier molecular flexibility index (Phi) is 8.94. The maximum Gasteiger partial charge on any atom is 0.321 e. The third-order valence-corrected chi connectivity index (χ3v) is 3.54. The Morgan fingerprint density at radius 3 is 2.39 bits per heavy atom. The minimum absolute atomic E-state index is 0.0913. The monoisotopic (exact) mass is 321 g/mol. The average Bonchev–Trinajstić information content (AvgIpc) is 2.51. The van der Waals surface area contributed by atoms with Gasteiger partial charge in [0.25, 0.3) is 0 Å². The van der Waals surface area contributed by atoms with Crippen molar-refractivity contribution in [3.8, 4) is 0 Å². The van der Waals surface area contributed by atoms with Crippen LogP contribution in [0, 0.1) is 6.92 Å². The summed E-state index contributed by atoms with van der Waals surface area (Å²) in [6.07, 6.45) is 3.83. The molecule has 0 fully saturated rings. The van der Waals surface area contributed by atoms with Crippen LogP contribution in [0.2, 0.25) is 0 Å². The number of amides is 1. The molecule has 0 aromatic heterocycles. The third kappa shape index (κ3) is 8.32. The van der Waals surface area contributed by atoms with Crippen molar-refractivity contribution in [3.63, 3.8) is 0 Å². The van der Waals surface area contributed by atoms with Gasteiger partial charge in [-0.15, -0.1) is 0 Å². The smallest absolute Gasteiger partial charge is 0.321 e. The molecule has 6 heteroatoms. The van der Waals surface area contributed by atoms with Gasteiger partial charge >= 0.3 is 5.97 Å². The standard InChI is InChI=1S/C17H27N3O3/c1-13-6-8-14(9-7-13)20-16(21)12-15(17(22)23)19-11-5-3-2-4-10-18/h6-9,15,19H,2-5,10-12,18H2,1H3,(H,20,21)(H,22,23)/t15-/m0/s1. The third-order valence-electron chi connectivity index (χ3n) is 3.54. The summed E-state index contributed by atoms with van der Waals surface area (Å²) in [5, 5.41) is 14.9. The number of hydrogen-bond donors (Lipinski definition) is 4. The van der Waals surface area contributed by atoms with Gasteiger partial charge in [0.05, 0.1) is 6.42 Å². The highest BCUT2D eigenvalue weighted by Crippen LogP contribution is 2.09. The largest absolute Gasteiger partial charge is 0.480 e. The topological polar surface area (TPSA) is 104 Å². The van der Waals surface area contributed by atoms with Crippen LogP contribution in [0.5, 0.6) is 0 Å². The normalized spacial score (nSPS) is 11.9. The number of anilines is 1. The lowest BCUT2D eigenvalue weighted by atomic mass is 10.1. The molecule has 1 aromatic rings. The van der Waals surface area contributed by atoms with E-state index in [9.17, 15) is 14.7 Å². The van der Waals surface area contributed by atoms with Gasteiger partial charge in [-0.1, -0.05) is 30.5 Å². The number of benzene rings is 1. The lowest BCUT2D eigenvalue weighted by Crippen LogP contribution is -2.40. The number of hydrogen-bond acceptors (Lipinski definition) is 4. The molecule has 23 heavy (non-hydrogen) atoms. The van der Waals surface area contributed by atoms with E-state index in [0.29, 0.717) is 18.8 Å². The Morgan fingerprint density at radius 2 is 1.78 bits per heavy atom. The van der Waals surface area contributed by atoms with Gasteiger partial charge in [-0.25, -0.2) is 0 Å². The van der Waals surface area contributed by atoms with Gasteiger partial charge in [0.1, 0.15) is 6.04 Å². The van der Waals surface area contributed by atoms with Crippen molar-refractivity contribution in [3.05, 3.63) is 29.8 Å². The fraction of sp³-hybridized carbons (Fsp3) is 0.529. The number of aryl methyl sites for hydroxylation is 1. The van der Waals surface area contributed by atoms with Crippen molar-refractivity contribution < 1.29 is 14.7 Å². The maximum absolute atomic E-state index is 12.0. The summed E-state index contributed by atoms with van der Waals surface area (Å²) >= 11 is 0. The molecule has 0 bridgehead atoms. The van der Waals surface area contributed by atoms with E-state index in [-0.39, 0.29) is 12.3 Å². The molecule has 0 aliphatic heterocycles. The molecule has 128 valence electrons. The van der Waals surface area contributed by atoms with Crippen molar-refractivity contribution in [2.45, 2.75) is 45.1 Å². The van der Waals surface area contributed by atoms with Gasteiger partial charge in [-0.05, 0) is 45.0 Å². The summed E-state index contributed by atoms with van der Waals surface area (Å²) in [6.45, 7) is 3.23. The van der Waals surface area contributed by atoms with Crippen LogP contribution >= 0.6 is 0 Å². The average molecular weight is 321 g/mol. The van der Waals surface area contributed by atoms with E-state index in [1.807, 2.05) is 19.1 Å². The van der Waals surface area contributed by atoms with E-state index in [1.54, 1.807) is 12.1 Å². The van der Waals surface area contributed by atoms with Crippen LogP contribution in [0.15, 0.2) is 24.3 Å². The zero-order valence-electron chi connectivity index (χ0n) is 13.7. The fourth-order valence-electron chi connectivity index (χ4n) is 2.18. The molecule has 1 atom stereocenters. The summed E-state index contributed by atoms with van der Waals surface area (Å²) < 4.78 is 0. The molecule has 1 aromatic carbocycles. The first-order valence-electron chi connectivity index (χ1n) is 8.05.